The van der Waals surface area contributed by atoms with Crippen LogP contribution in [-0.2, 0) is 15.8 Å². The van der Waals surface area contributed by atoms with E-state index in [-0.39, 0.29) is 34.0 Å². The van der Waals surface area contributed by atoms with E-state index in [1.54, 1.807) is 12.1 Å². The fourth-order valence-electron chi connectivity index (χ4n) is 2.56. The lowest BCUT2D eigenvalue weighted by atomic mass is 10.2. The first-order valence-corrected chi connectivity index (χ1v) is 10.3. The number of alkyl halides is 3. The number of halogens is 4. The van der Waals surface area contributed by atoms with Crippen LogP contribution in [0.1, 0.15) is 11.1 Å². The predicted octanol–water partition coefficient (Wildman–Crippen LogP) is 3.90. The Labute approximate surface area is 184 Å². The molecule has 0 fully saturated rings. The van der Waals surface area contributed by atoms with Crippen LogP contribution in [0.25, 0.3) is 5.65 Å². The maximum atomic E-state index is 13.0. The Kier molecular flexibility index (Phi) is 6.75. The summed E-state index contributed by atoms with van der Waals surface area (Å²) in [5, 5.41) is 10.1. The number of hydrogen-bond acceptors (Lipinski definition) is 5. The third-order valence-corrected chi connectivity index (χ3v) is 5.43. The first-order valence-electron chi connectivity index (χ1n) is 8.89. The largest absolute Gasteiger partial charge is 0.417 e. The molecule has 164 valence electrons. The number of nitrogens with zero attached hydrogens (tertiary/aromatic N) is 4. The molecule has 0 saturated carbocycles. The second-order valence-corrected chi connectivity index (χ2v) is 8.05. The minimum atomic E-state index is -4.59. The number of hydrogen-bond donors (Lipinski definition) is 1. The number of pyridine rings is 1. The fraction of sp³-hybridized carbons (Fsp3) is 0.263. The van der Waals surface area contributed by atoms with Gasteiger partial charge in [0, 0.05) is 18.9 Å². The third kappa shape index (κ3) is 5.67. The first-order chi connectivity index (χ1) is 14.5. The molecule has 0 aliphatic carbocycles. The molecule has 0 saturated heterocycles. The third-order valence-electron chi connectivity index (χ3n) is 4.22. The minimum Gasteiger partial charge on any atom is -0.336 e. The highest BCUT2D eigenvalue weighted by molar-refractivity contribution is 7.99. The number of carbonyl (C=O) groups excluding carboxylic acids is 2. The molecular weight excluding hydrogens is 455 g/mol. The molecule has 12 heteroatoms. The maximum absolute atomic E-state index is 13.0. The molecular formula is C19H17ClF3N5O2S. The van der Waals surface area contributed by atoms with E-state index < -0.39 is 17.6 Å². The molecule has 0 aliphatic heterocycles. The monoisotopic (exact) mass is 471 g/mol. The average Bonchev–Trinajstić information content (AvgIpc) is 3.10. The Bertz CT molecular complexity index is 1120. The molecule has 0 spiro atoms. The number of anilines is 1. The van der Waals surface area contributed by atoms with Crippen LogP contribution in [0.5, 0.6) is 0 Å². The summed E-state index contributed by atoms with van der Waals surface area (Å²) < 4.78 is 40.2. The van der Waals surface area contributed by atoms with Gasteiger partial charge in [0.2, 0.25) is 11.8 Å². The number of carbonyl (C=O) groups is 2. The van der Waals surface area contributed by atoms with Crippen LogP contribution in [0, 0.1) is 6.92 Å². The Morgan fingerprint density at radius 1 is 1.23 bits per heavy atom. The molecule has 1 N–H and O–H groups in total. The second kappa shape index (κ2) is 9.15. The van der Waals surface area contributed by atoms with E-state index in [9.17, 15) is 22.8 Å². The SMILES string of the molecule is Cc1ccc(NC(=O)CN(C)C(=O)CSc2nnc3c(Cl)cc(C(F)(F)F)cn23)cc1. The summed E-state index contributed by atoms with van der Waals surface area (Å²) in [6.07, 6.45) is -3.77. The topological polar surface area (TPSA) is 79.6 Å². The predicted molar refractivity (Wildman–Crippen MR) is 111 cm³/mol. The van der Waals surface area contributed by atoms with Crippen molar-refractivity contribution in [3.05, 3.63) is 52.7 Å². The smallest absolute Gasteiger partial charge is 0.336 e. The van der Waals surface area contributed by atoms with Gasteiger partial charge >= 0.3 is 6.18 Å². The zero-order valence-corrected chi connectivity index (χ0v) is 18.0. The lowest BCUT2D eigenvalue weighted by molar-refractivity contribution is -0.138. The van der Waals surface area contributed by atoms with Crippen LogP contribution < -0.4 is 5.32 Å². The summed E-state index contributed by atoms with van der Waals surface area (Å²) in [7, 11) is 1.46. The lowest BCUT2D eigenvalue weighted by Gasteiger charge is -2.16. The van der Waals surface area contributed by atoms with Crippen molar-refractivity contribution >= 4 is 46.5 Å². The van der Waals surface area contributed by atoms with Gasteiger partial charge in [-0.2, -0.15) is 13.2 Å². The summed E-state index contributed by atoms with van der Waals surface area (Å²) in [6, 6.07) is 7.97. The van der Waals surface area contributed by atoms with E-state index in [0.29, 0.717) is 5.69 Å². The molecule has 0 atom stereocenters. The van der Waals surface area contributed by atoms with E-state index in [2.05, 4.69) is 15.5 Å². The average molecular weight is 472 g/mol. The number of amides is 2. The number of rotatable bonds is 6. The standard InChI is InChI=1S/C19H17ClF3N5O2S/c1-11-3-5-13(6-4-11)24-15(29)9-27(2)16(30)10-31-18-26-25-17-14(20)7-12(8-28(17)18)19(21,22)23/h3-8H,9-10H2,1-2H3,(H,24,29). The molecule has 2 amide bonds. The van der Waals surface area contributed by atoms with Crippen molar-refractivity contribution in [3.8, 4) is 0 Å². The Morgan fingerprint density at radius 2 is 1.90 bits per heavy atom. The molecule has 0 unspecified atom stereocenters. The van der Waals surface area contributed by atoms with E-state index in [0.717, 1.165) is 34.0 Å². The molecule has 0 aliphatic rings. The molecule has 0 bridgehead atoms. The van der Waals surface area contributed by atoms with Crippen LogP contribution in [0.2, 0.25) is 5.02 Å². The Balaban J connectivity index is 1.62. The molecule has 0 radical (unpaired) electrons. The normalized spacial score (nSPS) is 11.5. The molecule has 3 aromatic rings. The van der Waals surface area contributed by atoms with Crippen molar-refractivity contribution in [1.29, 1.82) is 0 Å². The molecule has 31 heavy (non-hydrogen) atoms. The molecule has 2 aromatic heterocycles. The fourth-order valence-corrected chi connectivity index (χ4v) is 3.66. The molecule has 2 heterocycles. The van der Waals surface area contributed by atoms with Crippen molar-refractivity contribution in [2.45, 2.75) is 18.3 Å². The van der Waals surface area contributed by atoms with Crippen LogP contribution in [-0.4, -0.2) is 50.7 Å². The van der Waals surface area contributed by atoms with Crippen LogP contribution in [0.3, 0.4) is 0 Å². The number of likely N-dealkylation sites (N-methyl/N-ethyl adjacent to an activating group) is 1. The van der Waals surface area contributed by atoms with E-state index in [4.69, 9.17) is 11.6 Å². The summed E-state index contributed by atoms with van der Waals surface area (Å²) in [4.78, 5) is 25.7. The highest BCUT2D eigenvalue weighted by Crippen LogP contribution is 2.33. The molecule has 1 aromatic carbocycles. The van der Waals surface area contributed by atoms with Crippen molar-refractivity contribution in [1.82, 2.24) is 19.5 Å². The summed E-state index contributed by atoms with van der Waals surface area (Å²) in [5.41, 5.74) is 0.753. The van der Waals surface area contributed by atoms with Gasteiger partial charge in [-0.25, -0.2) is 0 Å². The van der Waals surface area contributed by atoms with Crippen LogP contribution >= 0.6 is 23.4 Å². The van der Waals surface area contributed by atoms with Gasteiger partial charge in [0.15, 0.2) is 10.8 Å². The van der Waals surface area contributed by atoms with Gasteiger partial charge in [-0.05, 0) is 25.1 Å². The van der Waals surface area contributed by atoms with Gasteiger partial charge in [-0.15, -0.1) is 10.2 Å². The van der Waals surface area contributed by atoms with Gasteiger partial charge in [0.05, 0.1) is 22.9 Å². The van der Waals surface area contributed by atoms with Gasteiger partial charge in [-0.1, -0.05) is 41.1 Å². The quantitative estimate of drug-likeness (QED) is 0.552. The van der Waals surface area contributed by atoms with Gasteiger partial charge < -0.3 is 10.2 Å². The van der Waals surface area contributed by atoms with Crippen molar-refractivity contribution < 1.29 is 22.8 Å². The molecule has 3 rings (SSSR count). The van der Waals surface area contributed by atoms with Crippen molar-refractivity contribution in [2.75, 3.05) is 24.7 Å². The Morgan fingerprint density at radius 3 is 2.55 bits per heavy atom. The second-order valence-electron chi connectivity index (χ2n) is 6.70. The number of thioether (sulfide) groups is 1. The van der Waals surface area contributed by atoms with Gasteiger partial charge in [0.1, 0.15) is 0 Å². The number of nitrogens with one attached hydrogen (secondary N) is 1. The number of aromatic nitrogens is 3. The van der Waals surface area contributed by atoms with Crippen molar-refractivity contribution in [3.63, 3.8) is 0 Å². The van der Waals surface area contributed by atoms with Crippen molar-refractivity contribution in [2.24, 2.45) is 0 Å². The molecule has 7 nitrogen and oxygen atoms in total. The zero-order valence-electron chi connectivity index (χ0n) is 16.4. The van der Waals surface area contributed by atoms with E-state index in [1.807, 2.05) is 19.1 Å². The summed E-state index contributed by atoms with van der Waals surface area (Å²) in [6.45, 7) is 1.74. The summed E-state index contributed by atoms with van der Waals surface area (Å²) >= 11 is 6.77. The zero-order chi connectivity index (χ0) is 22.8. The first kappa shape index (κ1) is 22.9. The van der Waals surface area contributed by atoms with E-state index >= 15 is 0 Å². The number of aryl methyl sites for hydroxylation is 1. The minimum absolute atomic E-state index is 0.0513. The van der Waals surface area contributed by atoms with Gasteiger partial charge in [0.25, 0.3) is 0 Å². The number of fused-ring (bicyclic) bond motifs is 1. The maximum Gasteiger partial charge on any atom is 0.417 e. The lowest BCUT2D eigenvalue weighted by Crippen LogP contribution is -2.36. The summed E-state index contributed by atoms with van der Waals surface area (Å²) in [5.74, 6) is -0.929. The van der Waals surface area contributed by atoms with Gasteiger partial charge in [-0.3, -0.25) is 14.0 Å². The highest BCUT2D eigenvalue weighted by atomic mass is 35.5. The number of benzene rings is 1. The van der Waals surface area contributed by atoms with Crippen LogP contribution in [0.15, 0.2) is 41.7 Å². The Hall–Kier alpha value is -2.79. The van der Waals surface area contributed by atoms with E-state index in [1.165, 1.54) is 11.9 Å². The van der Waals surface area contributed by atoms with Crippen LogP contribution in [0.4, 0.5) is 18.9 Å². The highest BCUT2D eigenvalue weighted by Gasteiger charge is 2.32.